The quantitative estimate of drug-likeness (QED) is 0.783. The third-order valence-corrected chi connectivity index (χ3v) is 3.98. The van der Waals surface area contributed by atoms with E-state index in [2.05, 4.69) is 0 Å². The Kier molecular flexibility index (Phi) is 3.52. The molecule has 0 amide bonds. The van der Waals surface area contributed by atoms with E-state index in [0.29, 0.717) is 11.3 Å². The van der Waals surface area contributed by atoms with Crippen LogP contribution in [0.25, 0.3) is 0 Å². The van der Waals surface area contributed by atoms with Crippen LogP contribution in [0, 0.1) is 11.3 Å². The molecular formula is C10H13N3O2S. The Bertz CT molecular complexity index is 517. The van der Waals surface area contributed by atoms with Crippen molar-refractivity contribution in [2.45, 2.75) is 0 Å². The lowest BCUT2D eigenvalue weighted by Crippen LogP contribution is -2.37. The Balaban J connectivity index is 3.27. The standard InChI is InChI=1S/C10H13N3O2S/c1-12(2)16(14,15)13(3)10-7-5-4-6-9(10)8-11/h4-7H,1-3H3. The molecule has 6 heteroatoms. The van der Waals surface area contributed by atoms with Gasteiger partial charge in [-0.2, -0.15) is 18.0 Å². The first-order chi connectivity index (χ1) is 7.41. The summed E-state index contributed by atoms with van der Waals surface area (Å²) in [7, 11) is 0.766. The third-order valence-electron chi connectivity index (χ3n) is 2.17. The van der Waals surface area contributed by atoms with Crippen LogP contribution >= 0.6 is 0 Å². The molecule has 0 heterocycles. The van der Waals surface area contributed by atoms with Crippen molar-refractivity contribution in [1.29, 1.82) is 5.26 Å². The van der Waals surface area contributed by atoms with Crippen molar-refractivity contribution in [3.8, 4) is 6.07 Å². The lowest BCUT2D eigenvalue weighted by atomic mass is 10.2. The predicted molar refractivity (Wildman–Crippen MR) is 62.2 cm³/mol. The first-order valence-electron chi connectivity index (χ1n) is 4.56. The molecule has 16 heavy (non-hydrogen) atoms. The predicted octanol–water partition coefficient (Wildman–Crippen LogP) is 0.801. The maximum Gasteiger partial charge on any atom is 0.303 e. The normalized spacial score (nSPS) is 11.2. The molecular weight excluding hydrogens is 226 g/mol. The van der Waals surface area contributed by atoms with E-state index in [0.717, 1.165) is 8.61 Å². The number of nitriles is 1. The fourth-order valence-electron chi connectivity index (χ4n) is 1.21. The molecule has 0 unspecified atom stereocenters. The van der Waals surface area contributed by atoms with E-state index in [1.54, 1.807) is 24.3 Å². The van der Waals surface area contributed by atoms with Gasteiger partial charge in [0.25, 0.3) is 0 Å². The van der Waals surface area contributed by atoms with Gasteiger partial charge < -0.3 is 0 Å². The second-order valence-electron chi connectivity index (χ2n) is 3.39. The number of rotatable bonds is 3. The Morgan fingerprint density at radius 3 is 2.25 bits per heavy atom. The van der Waals surface area contributed by atoms with Crippen LogP contribution in [0.2, 0.25) is 0 Å². The molecule has 0 N–H and O–H groups in total. The number of para-hydroxylation sites is 1. The van der Waals surface area contributed by atoms with Gasteiger partial charge in [-0.05, 0) is 12.1 Å². The van der Waals surface area contributed by atoms with Crippen LogP contribution in [-0.4, -0.2) is 33.9 Å². The van der Waals surface area contributed by atoms with Gasteiger partial charge in [-0.25, -0.2) is 0 Å². The van der Waals surface area contributed by atoms with Crippen molar-refractivity contribution >= 4 is 15.9 Å². The Hall–Kier alpha value is -1.58. The second-order valence-corrected chi connectivity index (χ2v) is 5.56. The highest BCUT2D eigenvalue weighted by molar-refractivity contribution is 7.90. The summed E-state index contributed by atoms with van der Waals surface area (Å²) >= 11 is 0. The number of hydrogen-bond donors (Lipinski definition) is 0. The molecule has 0 spiro atoms. The van der Waals surface area contributed by atoms with Crippen molar-refractivity contribution in [1.82, 2.24) is 4.31 Å². The van der Waals surface area contributed by atoms with Crippen molar-refractivity contribution in [3.63, 3.8) is 0 Å². The molecule has 5 nitrogen and oxygen atoms in total. The summed E-state index contributed by atoms with van der Waals surface area (Å²) < 4.78 is 25.9. The summed E-state index contributed by atoms with van der Waals surface area (Å²) in [5.74, 6) is 0. The lowest BCUT2D eigenvalue weighted by Gasteiger charge is -2.23. The van der Waals surface area contributed by atoms with Crippen molar-refractivity contribution in [2.24, 2.45) is 0 Å². The average molecular weight is 239 g/mol. The highest BCUT2D eigenvalue weighted by atomic mass is 32.2. The minimum absolute atomic E-state index is 0.329. The fraction of sp³-hybridized carbons (Fsp3) is 0.300. The molecule has 0 aliphatic heterocycles. The summed E-state index contributed by atoms with van der Waals surface area (Å²) in [5, 5.41) is 8.89. The molecule has 1 aromatic carbocycles. The molecule has 0 saturated carbocycles. The maximum atomic E-state index is 11.8. The van der Waals surface area contributed by atoms with Gasteiger partial charge in [0.15, 0.2) is 0 Å². The number of anilines is 1. The highest BCUT2D eigenvalue weighted by Gasteiger charge is 2.22. The van der Waals surface area contributed by atoms with E-state index in [1.807, 2.05) is 6.07 Å². The molecule has 0 aromatic heterocycles. The van der Waals surface area contributed by atoms with Crippen LogP contribution in [0.15, 0.2) is 24.3 Å². The SMILES string of the molecule is CN(C)S(=O)(=O)N(C)c1ccccc1C#N. The summed E-state index contributed by atoms with van der Waals surface area (Å²) in [6.07, 6.45) is 0. The van der Waals surface area contributed by atoms with Gasteiger partial charge in [-0.15, -0.1) is 0 Å². The van der Waals surface area contributed by atoms with E-state index in [4.69, 9.17) is 5.26 Å². The molecule has 1 aromatic rings. The van der Waals surface area contributed by atoms with Crippen LogP contribution in [0.3, 0.4) is 0 Å². The Morgan fingerprint density at radius 2 is 1.75 bits per heavy atom. The van der Waals surface area contributed by atoms with E-state index >= 15 is 0 Å². The van der Waals surface area contributed by atoms with Crippen LogP contribution in [-0.2, 0) is 10.2 Å². The van der Waals surface area contributed by atoms with Gasteiger partial charge in [-0.1, -0.05) is 12.1 Å². The van der Waals surface area contributed by atoms with Crippen molar-refractivity contribution in [3.05, 3.63) is 29.8 Å². The van der Waals surface area contributed by atoms with Crippen LogP contribution in [0.1, 0.15) is 5.56 Å². The Morgan fingerprint density at radius 1 is 1.19 bits per heavy atom. The van der Waals surface area contributed by atoms with Gasteiger partial charge >= 0.3 is 10.2 Å². The number of nitrogens with zero attached hydrogens (tertiary/aromatic N) is 3. The van der Waals surface area contributed by atoms with Crippen molar-refractivity contribution in [2.75, 3.05) is 25.4 Å². The minimum Gasteiger partial charge on any atom is -0.259 e. The summed E-state index contributed by atoms with van der Waals surface area (Å²) in [6, 6.07) is 8.53. The smallest absolute Gasteiger partial charge is 0.259 e. The van der Waals surface area contributed by atoms with Gasteiger partial charge in [0.1, 0.15) is 6.07 Å². The van der Waals surface area contributed by atoms with Gasteiger partial charge in [0.05, 0.1) is 11.3 Å². The molecule has 86 valence electrons. The number of benzene rings is 1. The number of hydrogen-bond acceptors (Lipinski definition) is 3. The zero-order chi connectivity index (χ0) is 12.3. The highest BCUT2D eigenvalue weighted by Crippen LogP contribution is 2.21. The first-order valence-corrected chi connectivity index (χ1v) is 5.96. The molecule has 0 aliphatic carbocycles. The summed E-state index contributed by atoms with van der Waals surface area (Å²) in [4.78, 5) is 0. The molecule has 0 atom stereocenters. The minimum atomic E-state index is -3.55. The molecule has 0 saturated heterocycles. The van der Waals surface area contributed by atoms with Gasteiger partial charge in [0, 0.05) is 21.1 Å². The molecule has 0 aliphatic rings. The van der Waals surface area contributed by atoms with Crippen LogP contribution in [0.4, 0.5) is 5.69 Å². The topological polar surface area (TPSA) is 64.4 Å². The Labute approximate surface area is 95.7 Å². The van der Waals surface area contributed by atoms with Crippen LogP contribution < -0.4 is 4.31 Å². The van der Waals surface area contributed by atoms with Gasteiger partial charge in [0.2, 0.25) is 0 Å². The lowest BCUT2D eigenvalue weighted by molar-refractivity contribution is 0.519. The fourth-order valence-corrected chi connectivity index (χ4v) is 2.11. The molecule has 0 radical (unpaired) electrons. The zero-order valence-electron chi connectivity index (χ0n) is 9.38. The molecule has 0 bridgehead atoms. The van der Waals surface area contributed by atoms with E-state index < -0.39 is 10.2 Å². The summed E-state index contributed by atoms with van der Waals surface area (Å²) in [5.41, 5.74) is 0.703. The van der Waals surface area contributed by atoms with E-state index in [-0.39, 0.29) is 0 Å². The first kappa shape index (κ1) is 12.5. The van der Waals surface area contributed by atoms with E-state index in [9.17, 15) is 8.42 Å². The average Bonchev–Trinajstić information content (AvgIpc) is 2.27. The zero-order valence-corrected chi connectivity index (χ0v) is 10.2. The second kappa shape index (κ2) is 4.51. The van der Waals surface area contributed by atoms with E-state index in [1.165, 1.54) is 21.1 Å². The maximum absolute atomic E-state index is 11.8. The third kappa shape index (κ3) is 2.15. The molecule has 0 fully saturated rings. The van der Waals surface area contributed by atoms with Gasteiger partial charge in [-0.3, -0.25) is 4.31 Å². The molecule has 1 rings (SSSR count). The van der Waals surface area contributed by atoms with Crippen molar-refractivity contribution < 1.29 is 8.42 Å². The largest absolute Gasteiger partial charge is 0.303 e. The monoisotopic (exact) mass is 239 g/mol. The van der Waals surface area contributed by atoms with Crippen LogP contribution in [0.5, 0.6) is 0 Å². The summed E-state index contributed by atoms with van der Waals surface area (Å²) in [6.45, 7) is 0.